The van der Waals surface area contributed by atoms with E-state index in [1.54, 1.807) is 27.7 Å². The maximum atomic E-state index is 13.1. The third-order valence-corrected chi connectivity index (χ3v) is 5.43. The van der Waals surface area contributed by atoms with Gasteiger partial charge < -0.3 is 33.7 Å². The number of aromatic nitrogens is 1. The number of nitrogens with one attached hydrogen (secondary N) is 1. The molecule has 0 aliphatic carbocycles. The molecule has 37 heavy (non-hydrogen) atoms. The number of hydrogen-bond donors (Lipinski definition) is 1. The Labute approximate surface area is 216 Å². The molecule has 2 rings (SSSR count). The van der Waals surface area contributed by atoms with Crippen LogP contribution in [-0.2, 0) is 33.3 Å². The number of amides is 1. The minimum Gasteiger partial charge on any atom is -0.493 e. The van der Waals surface area contributed by atoms with Crippen molar-refractivity contribution in [2.24, 2.45) is 5.92 Å². The summed E-state index contributed by atoms with van der Waals surface area (Å²) in [5, 5.41) is 2.65. The number of ether oxygens (including phenoxy) is 6. The summed E-state index contributed by atoms with van der Waals surface area (Å²) >= 11 is 0. The molecule has 1 aromatic heterocycles. The first kappa shape index (κ1) is 29.8. The summed E-state index contributed by atoms with van der Waals surface area (Å²) in [6, 6.07) is 0.516. The van der Waals surface area contributed by atoms with E-state index in [0.717, 1.165) is 0 Å². The fourth-order valence-corrected chi connectivity index (χ4v) is 3.52. The largest absolute Gasteiger partial charge is 0.493 e. The van der Waals surface area contributed by atoms with Crippen LogP contribution in [0.1, 0.15) is 63.9 Å². The number of methoxy groups -OCH3 is 1. The minimum absolute atomic E-state index is 0.0582. The molecular formula is C25H36N2O10. The van der Waals surface area contributed by atoms with Gasteiger partial charge in [0.05, 0.1) is 13.0 Å². The van der Waals surface area contributed by atoms with Crippen LogP contribution < -0.4 is 14.8 Å². The van der Waals surface area contributed by atoms with Gasteiger partial charge in [0.1, 0.15) is 24.9 Å². The highest BCUT2D eigenvalue weighted by molar-refractivity contribution is 5.98. The number of cyclic esters (lactones) is 1. The van der Waals surface area contributed by atoms with Crippen LogP contribution in [0.4, 0.5) is 0 Å². The highest BCUT2D eigenvalue weighted by Crippen LogP contribution is 2.30. The smallest absolute Gasteiger partial charge is 0.334 e. The second-order valence-electron chi connectivity index (χ2n) is 8.76. The molecule has 1 N–H and O–H groups in total. The van der Waals surface area contributed by atoms with Gasteiger partial charge in [-0.05, 0) is 33.1 Å². The van der Waals surface area contributed by atoms with Gasteiger partial charge in [0.15, 0.2) is 17.2 Å². The van der Waals surface area contributed by atoms with Gasteiger partial charge in [-0.2, -0.15) is 0 Å². The van der Waals surface area contributed by atoms with E-state index in [0.29, 0.717) is 25.9 Å². The molecule has 206 valence electrons. The predicted octanol–water partition coefficient (Wildman–Crippen LogP) is 2.18. The second kappa shape index (κ2) is 15.0. The molecule has 0 unspecified atom stereocenters. The SMILES string of the molecule is CCOCC(=O)OCOc1c(OC)ccnc1C(=O)N[C@H]1CCC[C@H](OC(=O)C(C)C)C[C@H](C)OC1=O. The van der Waals surface area contributed by atoms with Gasteiger partial charge in [-0.15, -0.1) is 0 Å². The lowest BCUT2D eigenvalue weighted by Gasteiger charge is -2.21. The molecule has 0 saturated carbocycles. The average molecular weight is 525 g/mol. The van der Waals surface area contributed by atoms with Crippen LogP contribution in [0, 0.1) is 5.92 Å². The van der Waals surface area contributed by atoms with E-state index in [9.17, 15) is 19.2 Å². The van der Waals surface area contributed by atoms with Gasteiger partial charge in [-0.3, -0.25) is 9.59 Å². The lowest BCUT2D eigenvalue weighted by Crippen LogP contribution is -2.43. The normalized spacial score (nSPS) is 20.1. The van der Waals surface area contributed by atoms with E-state index in [2.05, 4.69) is 10.3 Å². The topological polar surface area (TPSA) is 149 Å². The third kappa shape index (κ3) is 9.52. The summed E-state index contributed by atoms with van der Waals surface area (Å²) in [7, 11) is 1.38. The number of carbonyl (C=O) groups is 4. The molecule has 0 radical (unpaired) electrons. The number of nitrogens with zero attached hydrogens (tertiary/aromatic N) is 1. The van der Waals surface area contributed by atoms with Crippen LogP contribution in [0.3, 0.4) is 0 Å². The highest BCUT2D eigenvalue weighted by Gasteiger charge is 2.31. The summed E-state index contributed by atoms with van der Waals surface area (Å²) in [5.74, 6) is -2.41. The van der Waals surface area contributed by atoms with Crippen molar-refractivity contribution in [2.45, 2.75) is 71.6 Å². The molecule has 12 heteroatoms. The number of carbonyl (C=O) groups excluding carboxylic acids is 4. The Balaban J connectivity index is 2.09. The zero-order valence-electron chi connectivity index (χ0n) is 21.9. The Bertz CT molecular complexity index is 936. The van der Waals surface area contributed by atoms with Gasteiger partial charge in [-0.25, -0.2) is 14.6 Å². The number of rotatable bonds is 11. The molecule has 1 aliphatic heterocycles. The molecule has 2 heterocycles. The van der Waals surface area contributed by atoms with E-state index in [1.807, 2.05) is 0 Å². The van der Waals surface area contributed by atoms with Crippen molar-refractivity contribution in [2.75, 3.05) is 27.1 Å². The first-order chi connectivity index (χ1) is 17.7. The van der Waals surface area contributed by atoms with E-state index in [4.69, 9.17) is 28.4 Å². The van der Waals surface area contributed by atoms with Gasteiger partial charge >= 0.3 is 17.9 Å². The van der Waals surface area contributed by atoms with Crippen molar-refractivity contribution in [3.8, 4) is 11.5 Å². The quantitative estimate of drug-likeness (QED) is 0.258. The van der Waals surface area contributed by atoms with Gasteiger partial charge in [-0.1, -0.05) is 13.8 Å². The monoisotopic (exact) mass is 524 g/mol. The Morgan fingerprint density at radius 1 is 1.24 bits per heavy atom. The van der Waals surface area contributed by atoms with Crippen molar-refractivity contribution in [3.05, 3.63) is 18.0 Å². The Hall–Kier alpha value is -3.41. The molecule has 3 atom stereocenters. The second-order valence-corrected chi connectivity index (χ2v) is 8.76. The van der Waals surface area contributed by atoms with Crippen LogP contribution >= 0.6 is 0 Å². The van der Waals surface area contributed by atoms with Gasteiger partial charge in [0.25, 0.3) is 5.91 Å². The predicted molar refractivity (Wildman–Crippen MR) is 129 cm³/mol. The summed E-state index contributed by atoms with van der Waals surface area (Å²) in [6.07, 6.45) is 2.09. The van der Waals surface area contributed by atoms with Crippen molar-refractivity contribution in [3.63, 3.8) is 0 Å². The number of esters is 3. The number of pyridine rings is 1. The summed E-state index contributed by atoms with van der Waals surface area (Å²) in [5.41, 5.74) is -0.162. The van der Waals surface area contributed by atoms with Crippen LogP contribution in [-0.4, -0.2) is 74.2 Å². The van der Waals surface area contributed by atoms with Crippen LogP contribution in [0.2, 0.25) is 0 Å². The van der Waals surface area contributed by atoms with E-state index in [1.165, 1.54) is 19.4 Å². The van der Waals surface area contributed by atoms with Crippen LogP contribution in [0.15, 0.2) is 12.3 Å². The maximum Gasteiger partial charge on any atom is 0.334 e. The zero-order valence-corrected chi connectivity index (χ0v) is 21.9. The summed E-state index contributed by atoms with van der Waals surface area (Å²) < 4.78 is 31.7. The first-order valence-corrected chi connectivity index (χ1v) is 12.3. The van der Waals surface area contributed by atoms with Crippen LogP contribution in [0.25, 0.3) is 0 Å². The van der Waals surface area contributed by atoms with Crippen molar-refractivity contribution in [1.82, 2.24) is 10.3 Å². The van der Waals surface area contributed by atoms with Crippen molar-refractivity contribution >= 4 is 23.8 Å². The lowest BCUT2D eigenvalue weighted by molar-refractivity contribution is -0.158. The summed E-state index contributed by atoms with van der Waals surface area (Å²) in [6.45, 7) is 6.56. The summed E-state index contributed by atoms with van der Waals surface area (Å²) in [4.78, 5) is 53.7. The van der Waals surface area contributed by atoms with E-state index in [-0.39, 0.29) is 42.1 Å². The Morgan fingerprint density at radius 3 is 2.68 bits per heavy atom. The third-order valence-electron chi connectivity index (χ3n) is 5.43. The first-order valence-electron chi connectivity index (χ1n) is 12.3. The molecule has 0 aromatic carbocycles. The minimum atomic E-state index is -0.959. The standard InChI is InChI=1S/C25H36N2O10/c1-6-33-13-20(28)34-14-35-22-19(32-5)10-11-26-21(22)23(29)27-18-9-7-8-17(37-24(30)15(2)3)12-16(4)36-25(18)31/h10-11,15-18H,6-9,12-14H2,1-5H3,(H,27,29)/t16-,17-,18-/m0/s1. The van der Waals surface area contributed by atoms with Crippen molar-refractivity contribution < 1.29 is 47.6 Å². The molecule has 0 bridgehead atoms. The molecule has 1 aliphatic rings. The lowest BCUT2D eigenvalue weighted by atomic mass is 10.0. The van der Waals surface area contributed by atoms with Crippen molar-refractivity contribution in [1.29, 1.82) is 0 Å². The average Bonchev–Trinajstić information content (AvgIpc) is 2.91. The zero-order chi connectivity index (χ0) is 27.4. The molecule has 12 nitrogen and oxygen atoms in total. The van der Waals surface area contributed by atoms with E-state index >= 15 is 0 Å². The van der Waals surface area contributed by atoms with E-state index < -0.39 is 42.9 Å². The van der Waals surface area contributed by atoms with Crippen LogP contribution in [0.5, 0.6) is 11.5 Å². The molecular weight excluding hydrogens is 488 g/mol. The molecule has 1 saturated heterocycles. The molecule has 1 fully saturated rings. The van der Waals surface area contributed by atoms with Gasteiger partial charge in [0.2, 0.25) is 6.79 Å². The Kier molecular flexibility index (Phi) is 12.1. The number of hydrogen-bond acceptors (Lipinski definition) is 11. The molecule has 0 spiro atoms. The van der Waals surface area contributed by atoms with Gasteiger partial charge in [0, 0.05) is 25.3 Å². The fourth-order valence-electron chi connectivity index (χ4n) is 3.52. The maximum absolute atomic E-state index is 13.1. The fraction of sp³-hybridized carbons (Fsp3) is 0.640. The Morgan fingerprint density at radius 2 is 2.00 bits per heavy atom. The molecule has 1 amide bonds. The highest BCUT2D eigenvalue weighted by atomic mass is 16.7. The molecule has 1 aromatic rings.